The average Bonchev–Trinajstić information content (AvgIpc) is 3.14. The molecule has 1 aliphatic heterocycles. The van der Waals surface area contributed by atoms with E-state index in [1.807, 2.05) is 54.6 Å². The summed E-state index contributed by atoms with van der Waals surface area (Å²) in [5.41, 5.74) is 2.48. The van der Waals surface area contributed by atoms with E-state index in [-0.39, 0.29) is 16.6 Å². The first-order valence-corrected chi connectivity index (χ1v) is 12.6. The fraction of sp³-hybridized carbons (Fsp3) is 0.160. The van der Waals surface area contributed by atoms with Crippen molar-refractivity contribution in [1.29, 1.82) is 0 Å². The van der Waals surface area contributed by atoms with E-state index in [4.69, 9.17) is 9.88 Å². The Morgan fingerprint density at radius 3 is 2.43 bits per heavy atom. The average molecular weight is 490 g/mol. The third-order valence-corrected chi connectivity index (χ3v) is 6.65. The number of para-hydroxylation sites is 1. The van der Waals surface area contributed by atoms with Crippen molar-refractivity contribution in [2.75, 3.05) is 13.2 Å². The molecule has 10 heteroatoms. The number of nitrogens with two attached hydrogens (primary N) is 1. The Balaban J connectivity index is 1.50. The number of nitrogens with zero attached hydrogens (tertiary/aromatic N) is 4. The van der Waals surface area contributed by atoms with Crippen LogP contribution in [0.2, 0.25) is 0 Å². The van der Waals surface area contributed by atoms with Crippen LogP contribution in [-0.2, 0) is 23.0 Å². The summed E-state index contributed by atoms with van der Waals surface area (Å²) < 4.78 is 30.7. The van der Waals surface area contributed by atoms with Gasteiger partial charge in [-0.05, 0) is 35.9 Å². The first-order chi connectivity index (χ1) is 16.9. The topological polar surface area (TPSA) is 120 Å². The van der Waals surface area contributed by atoms with Crippen molar-refractivity contribution in [3.8, 4) is 11.4 Å². The fourth-order valence-corrected chi connectivity index (χ4v) is 4.47. The highest BCUT2D eigenvalue weighted by molar-refractivity contribution is 7.89. The molecule has 1 amide bonds. The maximum absolute atomic E-state index is 13.4. The van der Waals surface area contributed by atoms with Crippen LogP contribution in [0.1, 0.15) is 27.6 Å². The van der Waals surface area contributed by atoms with Crippen LogP contribution >= 0.6 is 0 Å². The summed E-state index contributed by atoms with van der Waals surface area (Å²) in [5, 5.41) is 9.75. The summed E-state index contributed by atoms with van der Waals surface area (Å²) in [6, 6.07) is 23.3. The monoisotopic (exact) mass is 489 g/mol. The van der Waals surface area contributed by atoms with Crippen molar-refractivity contribution < 1.29 is 17.9 Å². The number of hydrogen-bond acceptors (Lipinski definition) is 6. The molecule has 0 bridgehead atoms. The van der Waals surface area contributed by atoms with E-state index in [2.05, 4.69) is 10.1 Å². The Bertz CT molecular complexity index is 1470. The van der Waals surface area contributed by atoms with Gasteiger partial charge in [-0.2, -0.15) is 0 Å². The number of carbonyl (C=O) groups excluding carboxylic acids is 1. The molecular formula is C25H23N5O4S. The van der Waals surface area contributed by atoms with Crippen LogP contribution in [0.5, 0.6) is 5.75 Å². The molecule has 5 rings (SSSR count). The molecule has 0 saturated carbocycles. The predicted molar refractivity (Wildman–Crippen MR) is 129 cm³/mol. The zero-order valence-corrected chi connectivity index (χ0v) is 19.6. The Hall–Kier alpha value is -4.02. The molecule has 35 heavy (non-hydrogen) atoms. The van der Waals surface area contributed by atoms with Gasteiger partial charge in [0, 0.05) is 18.5 Å². The van der Waals surface area contributed by atoms with Crippen molar-refractivity contribution in [2.24, 2.45) is 5.14 Å². The number of fused-ring (bicyclic) bond motifs is 1. The van der Waals surface area contributed by atoms with Crippen LogP contribution in [0, 0.1) is 0 Å². The first-order valence-electron chi connectivity index (χ1n) is 11.0. The molecule has 2 heterocycles. The van der Waals surface area contributed by atoms with Crippen LogP contribution in [0.15, 0.2) is 83.8 Å². The minimum atomic E-state index is -3.83. The SMILES string of the molecule is NS(=O)(=O)c1ccc(-n2nc(C(=O)N3CCOc4ccccc4C3)nc2Cc2ccccc2)cc1. The van der Waals surface area contributed by atoms with E-state index in [0.717, 1.165) is 16.9 Å². The summed E-state index contributed by atoms with van der Waals surface area (Å²) >= 11 is 0. The van der Waals surface area contributed by atoms with E-state index in [9.17, 15) is 13.2 Å². The van der Waals surface area contributed by atoms with Crippen LogP contribution in [0.3, 0.4) is 0 Å². The Labute approximate surface area is 202 Å². The molecule has 3 aromatic carbocycles. The first kappa shape index (κ1) is 22.8. The van der Waals surface area contributed by atoms with Crippen LogP contribution < -0.4 is 9.88 Å². The molecule has 1 aliphatic rings. The van der Waals surface area contributed by atoms with E-state index in [1.165, 1.54) is 12.1 Å². The molecule has 0 atom stereocenters. The molecule has 0 fully saturated rings. The quantitative estimate of drug-likeness (QED) is 0.460. The summed E-state index contributed by atoms with van der Waals surface area (Å²) in [4.78, 5) is 19.7. The van der Waals surface area contributed by atoms with Gasteiger partial charge in [-0.25, -0.2) is 23.2 Å². The molecule has 2 N–H and O–H groups in total. The van der Waals surface area contributed by atoms with Crippen molar-refractivity contribution in [3.05, 3.63) is 102 Å². The van der Waals surface area contributed by atoms with Crippen molar-refractivity contribution in [2.45, 2.75) is 17.9 Å². The van der Waals surface area contributed by atoms with Crippen LogP contribution in [-0.4, -0.2) is 47.1 Å². The third kappa shape index (κ3) is 4.93. The number of sulfonamides is 1. The number of rotatable bonds is 5. The number of benzene rings is 3. The standard InChI is InChI=1S/C25H23N5O4S/c26-35(32,33)21-12-10-20(11-13-21)30-23(16-18-6-2-1-3-7-18)27-24(28-30)25(31)29-14-15-34-22-9-5-4-8-19(22)17-29/h1-13H,14-17H2,(H2,26,32,33). The molecule has 4 aromatic rings. The molecule has 1 aromatic heterocycles. The summed E-state index contributed by atoms with van der Waals surface area (Å²) in [7, 11) is -3.83. The maximum atomic E-state index is 13.4. The van der Waals surface area contributed by atoms with Gasteiger partial charge in [-0.15, -0.1) is 5.10 Å². The Morgan fingerprint density at radius 2 is 1.69 bits per heavy atom. The van der Waals surface area contributed by atoms with Gasteiger partial charge in [0.05, 0.1) is 17.1 Å². The van der Waals surface area contributed by atoms with E-state index in [1.54, 1.807) is 21.7 Å². The zero-order valence-electron chi connectivity index (χ0n) is 18.7. The van der Waals surface area contributed by atoms with Gasteiger partial charge in [0.1, 0.15) is 18.2 Å². The van der Waals surface area contributed by atoms with E-state index < -0.39 is 10.0 Å². The maximum Gasteiger partial charge on any atom is 0.293 e. The van der Waals surface area contributed by atoms with Gasteiger partial charge in [0.15, 0.2) is 0 Å². The molecule has 0 radical (unpaired) electrons. The van der Waals surface area contributed by atoms with Gasteiger partial charge in [-0.1, -0.05) is 48.5 Å². The number of amides is 1. The van der Waals surface area contributed by atoms with E-state index in [0.29, 0.717) is 37.6 Å². The lowest BCUT2D eigenvalue weighted by Gasteiger charge is -2.17. The minimum Gasteiger partial charge on any atom is -0.491 e. The zero-order chi connectivity index (χ0) is 24.4. The molecule has 0 saturated heterocycles. The lowest BCUT2D eigenvalue weighted by atomic mass is 10.1. The highest BCUT2D eigenvalue weighted by Gasteiger charge is 2.26. The fourth-order valence-electron chi connectivity index (χ4n) is 3.95. The largest absolute Gasteiger partial charge is 0.491 e. The molecule has 9 nitrogen and oxygen atoms in total. The van der Waals surface area contributed by atoms with Gasteiger partial charge >= 0.3 is 0 Å². The highest BCUT2D eigenvalue weighted by atomic mass is 32.2. The van der Waals surface area contributed by atoms with Crippen LogP contribution in [0.25, 0.3) is 5.69 Å². The molecule has 178 valence electrons. The molecule has 0 aliphatic carbocycles. The summed E-state index contributed by atoms with van der Waals surface area (Å²) in [5.74, 6) is 1.07. The smallest absolute Gasteiger partial charge is 0.293 e. The predicted octanol–water partition coefficient (Wildman–Crippen LogP) is 2.54. The molecule has 0 unspecified atom stereocenters. The lowest BCUT2D eigenvalue weighted by molar-refractivity contribution is 0.0721. The highest BCUT2D eigenvalue weighted by Crippen LogP contribution is 2.24. The van der Waals surface area contributed by atoms with Crippen molar-refractivity contribution in [1.82, 2.24) is 19.7 Å². The van der Waals surface area contributed by atoms with Gasteiger partial charge < -0.3 is 9.64 Å². The second-order valence-corrected chi connectivity index (χ2v) is 9.71. The Kier molecular flexibility index (Phi) is 6.06. The lowest BCUT2D eigenvalue weighted by Crippen LogP contribution is -2.33. The second-order valence-electron chi connectivity index (χ2n) is 8.15. The third-order valence-electron chi connectivity index (χ3n) is 5.72. The summed E-state index contributed by atoms with van der Waals surface area (Å²) in [6.07, 6.45) is 0.435. The molecular weight excluding hydrogens is 466 g/mol. The number of primary sulfonamides is 1. The van der Waals surface area contributed by atoms with Gasteiger partial charge in [0.2, 0.25) is 15.8 Å². The normalized spacial score (nSPS) is 13.6. The number of ether oxygens (including phenoxy) is 1. The summed E-state index contributed by atoms with van der Waals surface area (Å²) in [6.45, 7) is 1.16. The molecule has 0 spiro atoms. The number of aromatic nitrogens is 3. The Morgan fingerprint density at radius 1 is 0.971 bits per heavy atom. The van der Waals surface area contributed by atoms with Crippen LogP contribution in [0.4, 0.5) is 0 Å². The minimum absolute atomic E-state index is 0.00879. The number of hydrogen-bond donors (Lipinski definition) is 1. The van der Waals surface area contributed by atoms with Crippen molar-refractivity contribution >= 4 is 15.9 Å². The number of carbonyl (C=O) groups is 1. The van der Waals surface area contributed by atoms with Crippen molar-refractivity contribution in [3.63, 3.8) is 0 Å². The van der Waals surface area contributed by atoms with E-state index >= 15 is 0 Å². The van der Waals surface area contributed by atoms with Gasteiger partial charge in [-0.3, -0.25) is 4.79 Å². The second kappa shape index (κ2) is 9.32. The van der Waals surface area contributed by atoms with Gasteiger partial charge in [0.25, 0.3) is 5.91 Å².